The number of nitrogens with one attached hydrogen (secondary N) is 1. The molecule has 6 aromatic carbocycles. The SMILES string of the molecule is CN(C)c1ccc2c(c1)Oc1cc(N(C)C)ccc1C21OC(=O)c2ccc(C(=O)NCCCCCCOc3ccc(Cc4nc5c(Cc6ccccc6)nc(-c6ccc(O)cc6)cn5c4O)cc3F)cc21. The molecule has 2 aliphatic heterocycles. The molecule has 360 valence electrons. The Morgan fingerprint density at radius 1 is 0.732 bits per heavy atom. The van der Waals surface area contributed by atoms with E-state index < -0.39 is 17.4 Å². The Balaban J connectivity index is 0.744. The van der Waals surface area contributed by atoms with Crippen molar-refractivity contribution in [2.24, 2.45) is 0 Å². The average Bonchev–Trinajstić information content (AvgIpc) is 3.84. The Morgan fingerprint density at radius 2 is 1.42 bits per heavy atom. The monoisotopic (exact) mass is 952 g/mol. The molecule has 13 nitrogen and oxygen atoms in total. The number of unbranched alkanes of at least 4 members (excludes halogenated alkanes) is 3. The summed E-state index contributed by atoms with van der Waals surface area (Å²) in [5.74, 6) is 0.104. The van der Waals surface area contributed by atoms with Crippen molar-refractivity contribution >= 4 is 28.9 Å². The summed E-state index contributed by atoms with van der Waals surface area (Å²) in [7, 11) is 7.80. The number of nitrogens with zero attached hydrogens (tertiary/aromatic N) is 5. The minimum Gasteiger partial charge on any atom is -0.508 e. The van der Waals surface area contributed by atoms with Crippen molar-refractivity contribution in [3.63, 3.8) is 0 Å². The number of ether oxygens (including phenoxy) is 3. The summed E-state index contributed by atoms with van der Waals surface area (Å²) in [6, 6.07) is 38.1. The Bertz CT molecular complexity index is 3260. The number of phenols is 1. The molecule has 4 heterocycles. The summed E-state index contributed by atoms with van der Waals surface area (Å²) in [6.45, 7) is 0.762. The van der Waals surface area contributed by atoms with Crippen molar-refractivity contribution < 1.29 is 38.4 Å². The van der Waals surface area contributed by atoms with Crippen LogP contribution in [0.15, 0.2) is 134 Å². The summed E-state index contributed by atoms with van der Waals surface area (Å²) in [4.78, 5) is 40.9. The van der Waals surface area contributed by atoms with Crippen LogP contribution in [-0.2, 0) is 23.2 Å². The van der Waals surface area contributed by atoms with E-state index in [9.17, 15) is 19.8 Å². The summed E-state index contributed by atoms with van der Waals surface area (Å²) < 4.78 is 35.7. The van der Waals surface area contributed by atoms with Crippen LogP contribution in [0, 0.1) is 5.82 Å². The molecule has 0 radical (unpaired) electrons. The predicted molar refractivity (Wildman–Crippen MR) is 270 cm³/mol. The van der Waals surface area contributed by atoms with E-state index in [1.807, 2.05) is 105 Å². The number of esters is 1. The Kier molecular flexibility index (Phi) is 12.5. The van der Waals surface area contributed by atoms with Gasteiger partial charge in [-0.1, -0.05) is 49.2 Å². The van der Waals surface area contributed by atoms with Gasteiger partial charge in [-0.05, 0) is 103 Å². The minimum atomic E-state index is -1.32. The first kappa shape index (κ1) is 46.3. The fourth-order valence-corrected chi connectivity index (χ4v) is 9.37. The molecule has 0 bridgehead atoms. The van der Waals surface area contributed by atoms with Crippen LogP contribution < -0.4 is 24.6 Å². The zero-order valence-corrected chi connectivity index (χ0v) is 39.9. The largest absolute Gasteiger partial charge is 0.508 e. The molecule has 8 aromatic rings. The quantitative estimate of drug-likeness (QED) is 0.0627. The molecule has 1 spiro atoms. The average molecular weight is 953 g/mol. The first-order valence-corrected chi connectivity index (χ1v) is 23.7. The highest BCUT2D eigenvalue weighted by atomic mass is 19.1. The van der Waals surface area contributed by atoms with E-state index in [1.165, 1.54) is 6.07 Å². The molecule has 2 aromatic heterocycles. The van der Waals surface area contributed by atoms with E-state index in [-0.39, 0.29) is 29.7 Å². The Morgan fingerprint density at radius 3 is 2.11 bits per heavy atom. The van der Waals surface area contributed by atoms with E-state index >= 15 is 4.39 Å². The molecule has 71 heavy (non-hydrogen) atoms. The molecule has 0 atom stereocenters. The maximum absolute atomic E-state index is 15.4. The number of phenolic OH excluding ortho intramolecular Hbond substituents is 1. The number of hydrogen-bond donors (Lipinski definition) is 3. The van der Waals surface area contributed by atoms with Gasteiger partial charge >= 0.3 is 5.97 Å². The number of carbonyl (C=O) groups is 2. The fourth-order valence-electron chi connectivity index (χ4n) is 9.37. The fraction of sp³-hybridized carbons (Fsp3) is 0.228. The van der Waals surface area contributed by atoms with Gasteiger partial charge in [-0.25, -0.2) is 19.2 Å². The Labute approximate surface area is 410 Å². The number of halogens is 1. The number of hydrogen-bond acceptors (Lipinski definition) is 11. The molecular formula is C57H53FN6O7. The standard InChI is InChI=1S/C57H53FN6O7/c1-62(2)39-18-23-43-51(32-39)70-52-33-40(63(3)4)19-24-44(52)57(43)45-31-38(17-22-42(45)56(68)71-57)54(66)59-26-10-5-6-11-27-69-50-25-14-36(28-46(50)58)30-48-55(67)64-34-49(37-15-20-41(65)21-16-37)60-47(53(64)61-48)29-35-12-8-7-9-13-35/h7-9,12-25,28,31-34,65,67H,5-6,10-11,26-27,29-30H2,1-4H3,(H,59,66). The van der Waals surface area contributed by atoms with E-state index in [0.717, 1.165) is 41.8 Å². The molecule has 0 saturated heterocycles. The lowest BCUT2D eigenvalue weighted by Crippen LogP contribution is -2.33. The van der Waals surface area contributed by atoms with Crippen molar-refractivity contribution in [2.75, 3.05) is 51.1 Å². The lowest BCUT2D eigenvalue weighted by molar-refractivity contribution is 0.0224. The van der Waals surface area contributed by atoms with Crippen LogP contribution in [0.1, 0.15) is 85.6 Å². The van der Waals surface area contributed by atoms with Crippen molar-refractivity contribution in [3.05, 3.63) is 190 Å². The number of aromatic hydroxyl groups is 2. The first-order valence-electron chi connectivity index (χ1n) is 23.7. The van der Waals surface area contributed by atoms with Crippen LogP contribution in [0.5, 0.6) is 28.9 Å². The van der Waals surface area contributed by atoms with Crippen LogP contribution in [0.3, 0.4) is 0 Å². The normalized spacial score (nSPS) is 13.0. The third-order valence-electron chi connectivity index (χ3n) is 13.1. The number of fused-ring (bicyclic) bond motifs is 7. The molecule has 0 unspecified atom stereocenters. The van der Waals surface area contributed by atoms with Gasteiger partial charge in [0.25, 0.3) is 5.91 Å². The molecule has 0 fully saturated rings. The van der Waals surface area contributed by atoms with E-state index in [0.29, 0.717) is 93.6 Å². The predicted octanol–water partition coefficient (Wildman–Crippen LogP) is 10.2. The van der Waals surface area contributed by atoms with Crippen LogP contribution in [-0.4, -0.2) is 77.8 Å². The highest BCUT2D eigenvalue weighted by Crippen LogP contribution is 2.57. The second kappa shape index (κ2) is 19.2. The summed E-state index contributed by atoms with van der Waals surface area (Å²) in [5.41, 5.74) is 7.82. The third kappa shape index (κ3) is 9.04. The second-order valence-electron chi connectivity index (χ2n) is 18.4. The number of rotatable bonds is 16. The van der Waals surface area contributed by atoms with Crippen LogP contribution in [0.25, 0.3) is 16.9 Å². The van der Waals surface area contributed by atoms with Gasteiger partial charge in [-0.3, -0.25) is 9.20 Å². The van der Waals surface area contributed by atoms with Crippen molar-refractivity contribution in [2.45, 2.75) is 44.1 Å². The molecule has 2 aliphatic rings. The van der Waals surface area contributed by atoms with Crippen LogP contribution >= 0.6 is 0 Å². The van der Waals surface area contributed by atoms with Gasteiger partial charge in [0.1, 0.15) is 22.9 Å². The highest BCUT2D eigenvalue weighted by molar-refractivity contribution is 6.00. The number of carbonyl (C=O) groups excluding carboxylic acids is 2. The lowest BCUT2D eigenvalue weighted by Gasteiger charge is -2.37. The van der Waals surface area contributed by atoms with Crippen LogP contribution in [0.4, 0.5) is 15.8 Å². The number of aromatic nitrogens is 3. The molecule has 1 amide bonds. The maximum atomic E-state index is 15.4. The smallest absolute Gasteiger partial charge is 0.340 e. The van der Waals surface area contributed by atoms with Crippen molar-refractivity contribution in [3.8, 4) is 40.1 Å². The van der Waals surface area contributed by atoms with Gasteiger partial charge in [0.2, 0.25) is 5.88 Å². The first-order chi connectivity index (χ1) is 34.4. The van der Waals surface area contributed by atoms with Gasteiger partial charge in [0, 0.05) is 105 Å². The minimum absolute atomic E-state index is 0.0625. The number of anilines is 2. The molecule has 10 rings (SSSR count). The molecule has 0 saturated carbocycles. The molecular weight excluding hydrogens is 900 g/mol. The third-order valence-corrected chi connectivity index (χ3v) is 13.1. The molecule has 14 heteroatoms. The lowest BCUT2D eigenvalue weighted by atomic mass is 9.77. The number of benzene rings is 6. The molecule has 3 N–H and O–H groups in total. The van der Waals surface area contributed by atoms with E-state index in [4.69, 9.17) is 24.2 Å². The zero-order valence-electron chi connectivity index (χ0n) is 39.9. The molecule has 0 aliphatic carbocycles. The number of imidazole rings is 1. The maximum Gasteiger partial charge on any atom is 0.340 e. The van der Waals surface area contributed by atoms with Gasteiger partial charge in [-0.2, -0.15) is 0 Å². The van der Waals surface area contributed by atoms with Gasteiger partial charge in [0.05, 0.1) is 23.6 Å². The van der Waals surface area contributed by atoms with Crippen molar-refractivity contribution in [1.29, 1.82) is 0 Å². The van der Waals surface area contributed by atoms with E-state index in [2.05, 4.69) is 5.32 Å². The highest BCUT2D eigenvalue weighted by Gasteiger charge is 2.54. The van der Waals surface area contributed by atoms with Crippen LogP contribution in [0.2, 0.25) is 0 Å². The topological polar surface area (TPSA) is 151 Å². The Hall–Kier alpha value is -8.39. The van der Waals surface area contributed by atoms with Gasteiger partial charge < -0.3 is 39.5 Å². The summed E-state index contributed by atoms with van der Waals surface area (Å²) >= 11 is 0. The zero-order chi connectivity index (χ0) is 49.4. The van der Waals surface area contributed by atoms with Gasteiger partial charge in [0.15, 0.2) is 22.8 Å². The van der Waals surface area contributed by atoms with Gasteiger partial charge in [-0.15, -0.1) is 0 Å². The summed E-state index contributed by atoms with van der Waals surface area (Å²) in [5, 5.41) is 24.3. The summed E-state index contributed by atoms with van der Waals surface area (Å²) in [6.07, 6.45) is 5.41. The number of amides is 1. The second-order valence-corrected chi connectivity index (χ2v) is 18.4. The van der Waals surface area contributed by atoms with E-state index in [1.54, 1.807) is 65.2 Å². The van der Waals surface area contributed by atoms with Crippen molar-refractivity contribution in [1.82, 2.24) is 19.7 Å².